The standard InChI is InChI=1S/C17H19N3OS/c21-17(20-15-9-13-8-12(15)10-19-13)11-3-5-14(6-4-11)22-16-2-1-7-18-16/h1-7,12-13,15,18-19H,8-10H2,(H,20,21). The van der Waals surface area contributed by atoms with Crippen molar-refractivity contribution in [1.82, 2.24) is 15.6 Å². The van der Waals surface area contributed by atoms with Gasteiger partial charge in [0.25, 0.3) is 5.91 Å². The molecule has 2 fully saturated rings. The van der Waals surface area contributed by atoms with E-state index in [9.17, 15) is 4.79 Å². The van der Waals surface area contributed by atoms with Crippen LogP contribution in [0.3, 0.4) is 0 Å². The van der Waals surface area contributed by atoms with Gasteiger partial charge in [-0.25, -0.2) is 0 Å². The van der Waals surface area contributed by atoms with Crippen molar-refractivity contribution in [1.29, 1.82) is 0 Å². The lowest BCUT2D eigenvalue weighted by molar-refractivity contribution is 0.0925. The average molecular weight is 313 g/mol. The highest BCUT2D eigenvalue weighted by molar-refractivity contribution is 7.99. The molecule has 1 saturated heterocycles. The van der Waals surface area contributed by atoms with Gasteiger partial charge < -0.3 is 15.6 Å². The van der Waals surface area contributed by atoms with Crippen molar-refractivity contribution in [3.63, 3.8) is 0 Å². The number of amides is 1. The summed E-state index contributed by atoms with van der Waals surface area (Å²) in [6.07, 6.45) is 4.18. The number of aromatic amines is 1. The molecule has 3 N–H and O–H groups in total. The molecule has 3 unspecified atom stereocenters. The van der Waals surface area contributed by atoms with Gasteiger partial charge in [0.15, 0.2) is 0 Å². The fraction of sp³-hybridized carbons (Fsp3) is 0.353. The van der Waals surface area contributed by atoms with Crippen LogP contribution in [-0.2, 0) is 0 Å². The Bertz CT molecular complexity index is 653. The third kappa shape index (κ3) is 2.78. The number of aromatic nitrogens is 1. The van der Waals surface area contributed by atoms with Crippen molar-refractivity contribution in [2.24, 2.45) is 5.92 Å². The molecule has 3 atom stereocenters. The monoisotopic (exact) mass is 313 g/mol. The van der Waals surface area contributed by atoms with Crippen LogP contribution >= 0.6 is 11.8 Å². The summed E-state index contributed by atoms with van der Waals surface area (Å²) in [5.74, 6) is 0.658. The second-order valence-corrected chi connectivity index (χ2v) is 7.19. The Morgan fingerprint density at radius 2 is 2.05 bits per heavy atom. The van der Waals surface area contributed by atoms with Crippen LogP contribution in [0.2, 0.25) is 0 Å². The van der Waals surface area contributed by atoms with Crippen molar-refractivity contribution in [2.75, 3.05) is 6.54 Å². The van der Waals surface area contributed by atoms with Crippen LogP contribution in [-0.4, -0.2) is 29.5 Å². The molecule has 0 spiro atoms. The second kappa shape index (κ2) is 5.82. The lowest BCUT2D eigenvalue weighted by atomic mass is 10.0. The van der Waals surface area contributed by atoms with Crippen molar-refractivity contribution >= 4 is 17.7 Å². The Hall–Kier alpha value is -1.72. The highest BCUT2D eigenvalue weighted by atomic mass is 32.2. The largest absolute Gasteiger partial charge is 0.356 e. The molecule has 1 aromatic heterocycles. The van der Waals surface area contributed by atoms with Gasteiger partial charge in [0.05, 0.1) is 5.03 Å². The number of fused-ring (bicyclic) bond motifs is 2. The summed E-state index contributed by atoms with van der Waals surface area (Å²) in [4.78, 5) is 16.7. The summed E-state index contributed by atoms with van der Waals surface area (Å²) < 4.78 is 0. The Labute approximate surface area is 134 Å². The van der Waals surface area contributed by atoms with Crippen LogP contribution in [0, 0.1) is 5.92 Å². The molecule has 5 heteroatoms. The molecule has 4 nitrogen and oxygen atoms in total. The van der Waals surface area contributed by atoms with Crippen LogP contribution < -0.4 is 10.6 Å². The Kier molecular flexibility index (Phi) is 3.68. The molecule has 2 aromatic rings. The molecule has 2 aliphatic rings. The van der Waals surface area contributed by atoms with E-state index in [1.54, 1.807) is 11.8 Å². The van der Waals surface area contributed by atoms with Gasteiger partial charge in [0.1, 0.15) is 0 Å². The lowest BCUT2D eigenvalue weighted by Gasteiger charge is -2.23. The SMILES string of the molecule is O=C(NC1CC2CC1CN2)c1ccc(Sc2ccc[nH]2)cc1. The molecule has 1 aromatic carbocycles. The molecule has 1 aliphatic carbocycles. The van der Waals surface area contributed by atoms with E-state index in [0.717, 1.165) is 28.5 Å². The topological polar surface area (TPSA) is 56.9 Å². The number of nitrogens with one attached hydrogen (secondary N) is 3. The number of H-pyrrole nitrogens is 1. The highest BCUT2D eigenvalue weighted by Gasteiger charge is 2.39. The van der Waals surface area contributed by atoms with Crippen molar-refractivity contribution in [3.05, 3.63) is 48.2 Å². The van der Waals surface area contributed by atoms with Gasteiger partial charge in [0.2, 0.25) is 0 Å². The van der Waals surface area contributed by atoms with Gasteiger partial charge >= 0.3 is 0 Å². The molecule has 4 rings (SSSR count). The quantitative estimate of drug-likeness (QED) is 0.813. The van der Waals surface area contributed by atoms with Gasteiger partial charge in [-0.1, -0.05) is 11.8 Å². The molecule has 0 radical (unpaired) electrons. The molecular weight excluding hydrogens is 294 g/mol. The summed E-state index contributed by atoms with van der Waals surface area (Å²) >= 11 is 1.66. The third-order valence-electron chi connectivity index (χ3n) is 4.59. The molecule has 22 heavy (non-hydrogen) atoms. The lowest BCUT2D eigenvalue weighted by Crippen LogP contribution is -2.44. The summed E-state index contributed by atoms with van der Waals surface area (Å²) in [5, 5.41) is 7.77. The number of benzene rings is 1. The Morgan fingerprint density at radius 3 is 2.68 bits per heavy atom. The number of hydrogen-bond acceptors (Lipinski definition) is 3. The fourth-order valence-electron chi connectivity index (χ4n) is 3.44. The molecule has 2 bridgehead atoms. The van der Waals surface area contributed by atoms with Crippen LogP contribution in [0.15, 0.2) is 52.5 Å². The van der Waals surface area contributed by atoms with Gasteiger partial charge in [-0.15, -0.1) is 0 Å². The van der Waals surface area contributed by atoms with Gasteiger partial charge in [0, 0.05) is 35.3 Å². The van der Waals surface area contributed by atoms with E-state index in [1.807, 2.05) is 42.6 Å². The number of carbonyl (C=O) groups is 1. The van der Waals surface area contributed by atoms with E-state index in [4.69, 9.17) is 0 Å². The minimum Gasteiger partial charge on any atom is -0.356 e. The van der Waals surface area contributed by atoms with E-state index >= 15 is 0 Å². The maximum Gasteiger partial charge on any atom is 0.251 e. The summed E-state index contributed by atoms with van der Waals surface area (Å²) in [7, 11) is 0. The summed E-state index contributed by atoms with van der Waals surface area (Å²) in [6, 6.07) is 12.8. The zero-order valence-corrected chi connectivity index (χ0v) is 13.0. The zero-order chi connectivity index (χ0) is 14.9. The second-order valence-electron chi connectivity index (χ2n) is 6.08. The van der Waals surface area contributed by atoms with E-state index in [0.29, 0.717) is 18.0 Å². The number of piperidine rings is 1. The Morgan fingerprint density at radius 1 is 1.18 bits per heavy atom. The molecular formula is C17H19N3OS. The van der Waals surface area contributed by atoms with E-state index in [2.05, 4.69) is 15.6 Å². The third-order valence-corrected chi connectivity index (χ3v) is 5.58. The van der Waals surface area contributed by atoms with Crippen molar-refractivity contribution in [2.45, 2.75) is 34.8 Å². The van der Waals surface area contributed by atoms with Crippen LogP contribution in [0.5, 0.6) is 0 Å². The van der Waals surface area contributed by atoms with Gasteiger partial charge in [-0.2, -0.15) is 0 Å². The first-order valence-corrected chi connectivity index (χ1v) is 8.55. The van der Waals surface area contributed by atoms with Crippen LogP contribution in [0.4, 0.5) is 0 Å². The Balaban J connectivity index is 1.38. The first-order valence-electron chi connectivity index (χ1n) is 7.73. The molecule has 114 valence electrons. The number of hydrogen-bond donors (Lipinski definition) is 3. The van der Waals surface area contributed by atoms with Crippen LogP contribution in [0.1, 0.15) is 23.2 Å². The molecule has 2 heterocycles. The zero-order valence-electron chi connectivity index (χ0n) is 12.2. The first-order chi connectivity index (χ1) is 10.8. The van der Waals surface area contributed by atoms with Crippen molar-refractivity contribution < 1.29 is 4.79 Å². The van der Waals surface area contributed by atoms with E-state index < -0.39 is 0 Å². The molecule has 1 aliphatic heterocycles. The smallest absolute Gasteiger partial charge is 0.251 e. The minimum atomic E-state index is 0.0500. The number of rotatable bonds is 4. The fourth-order valence-corrected chi connectivity index (χ4v) is 4.24. The maximum atomic E-state index is 12.4. The summed E-state index contributed by atoms with van der Waals surface area (Å²) in [6.45, 7) is 1.04. The average Bonchev–Trinajstić information content (AvgIpc) is 3.25. The van der Waals surface area contributed by atoms with E-state index in [-0.39, 0.29) is 5.91 Å². The summed E-state index contributed by atoms with van der Waals surface area (Å²) in [5.41, 5.74) is 0.742. The van der Waals surface area contributed by atoms with Gasteiger partial charge in [-0.3, -0.25) is 4.79 Å². The predicted molar refractivity (Wildman–Crippen MR) is 87.1 cm³/mol. The van der Waals surface area contributed by atoms with E-state index in [1.165, 1.54) is 6.42 Å². The molecule has 1 saturated carbocycles. The molecule has 1 amide bonds. The van der Waals surface area contributed by atoms with Gasteiger partial charge in [-0.05, 0) is 55.2 Å². The highest BCUT2D eigenvalue weighted by Crippen LogP contribution is 2.31. The maximum absolute atomic E-state index is 12.4. The minimum absolute atomic E-state index is 0.0500. The number of carbonyl (C=O) groups excluding carboxylic acids is 1. The predicted octanol–water partition coefficient (Wildman–Crippen LogP) is 2.65. The normalized spacial score (nSPS) is 26.3. The van der Waals surface area contributed by atoms with Crippen LogP contribution in [0.25, 0.3) is 0 Å². The first kappa shape index (κ1) is 13.9. The van der Waals surface area contributed by atoms with Crippen molar-refractivity contribution in [3.8, 4) is 0 Å².